The molecule has 4 heterocycles. The van der Waals surface area contributed by atoms with Gasteiger partial charge in [-0.05, 0) is 28.1 Å². The summed E-state index contributed by atoms with van der Waals surface area (Å²) in [6, 6.07) is 5.27. The predicted octanol–water partition coefficient (Wildman–Crippen LogP) is 2.00. The summed E-state index contributed by atoms with van der Waals surface area (Å²) >= 11 is 4.55. The lowest BCUT2D eigenvalue weighted by Crippen LogP contribution is -2.48. The zero-order valence-corrected chi connectivity index (χ0v) is 16.8. The van der Waals surface area contributed by atoms with Gasteiger partial charge in [0.2, 0.25) is 0 Å². The van der Waals surface area contributed by atoms with Crippen molar-refractivity contribution in [2.75, 3.05) is 31.1 Å². The van der Waals surface area contributed by atoms with Crippen LogP contribution in [0.4, 0.5) is 5.82 Å². The van der Waals surface area contributed by atoms with Gasteiger partial charge in [0.1, 0.15) is 28.5 Å². The highest BCUT2D eigenvalue weighted by atomic mass is 79.9. The van der Waals surface area contributed by atoms with Crippen LogP contribution in [0.5, 0.6) is 0 Å². The molecule has 0 radical (unpaired) electrons. The van der Waals surface area contributed by atoms with Gasteiger partial charge >= 0.3 is 0 Å². The lowest BCUT2D eigenvalue weighted by atomic mass is 10.3. The van der Waals surface area contributed by atoms with E-state index in [0.717, 1.165) is 15.4 Å². The average Bonchev–Trinajstić information content (AvgIpc) is 3.34. The first-order valence-electron chi connectivity index (χ1n) is 7.85. The molecule has 0 atom stereocenters. The second-order valence-corrected chi connectivity index (χ2v) is 10.3. The van der Waals surface area contributed by atoms with Crippen molar-refractivity contribution >= 4 is 43.1 Å². The molecule has 0 aliphatic carbocycles. The van der Waals surface area contributed by atoms with Crippen LogP contribution in [0.1, 0.15) is 0 Å². The minimum absolute atomic E-state index is 0.363. The molecule has 1 fully saturated rings. The maximum atomic E-state index is 12.7. The highest BCUT2D eigenvalue weighted by Gasteiger charge is 2.30. The Labute approximate surface area is 163 Å². The SMILES string of the molecule is O=S(=O)(c1ccc(Br)s1)N1CCN(c2cc(-n3ccnc3)ncn2)CC1. The number of imidazole rings is 1. The van der Waals surface area contributed by atoms with E-state index in [1.807, 2.05) is 12.3 Å². The zero-order chi connectivity index (χ0) is 18.1. The first-order valence-corrected chi connectivity index (χ1v) is 10.9. The van der Waals surface area contributed by atoms with Gasteiger partial charge in [-0.3, -0.25) is 4.57 Å². The minimum Gasteiger partial charge on any atom is -0.354 e. The molecule has 8 nitrogen and oxygen atoms in total. The number of halogens is 1. The fraction of sp³-hybridized carbons (Fsp3) is 0.267. The van der Waals surface area contributed by atoms with Crippen molar-refractivity contribution in [1.82, 2.24) is 23.8 Å². The molecule has 0 N–H and O–H groups in total. The van der Waals surface area contributed by atoms with Crippen molar-refractivity contribution in [3.8, 4) is 5.82 Å². The van der Waals surface area contributed by atoms with E-state index < -0.39 is 10.0 Å². The summed E-state index contributed by atoms with van der Waals surface area (Å²) in [4.78, 5) is 14.7. The summed E-state index contributed by atoms with van der Waals surface area (Å²) in [5, 5.41) is 0. The van der Waals surface area contributed by atoms with Gasteiger partial charge in [0.05, 0.1) is 3.79 Å². The van der Waals surface area contributed by atoms with E-state index in [0.29, 0.717) is 30.4 Å². The second-order valence-electron chi connectivity index (χ2n) is 5.65. The summed E-state index contributed by atoms with van der Waals surface area (Å²) in [5.74, 6) is 1.51. The Balaban J connectivity index is 1.48. The van der Waals surface area contributed by atoms with Gasteiger partial charge in [-0.1, -0.05) is 0 Å². The van der Waals surface area contributed by atoms with Crippen LogP contribution < -0.4 is 4.90 Å². The molecule has 0 unspecified atom stereocenters. The number of anilines is 1. The predicted molar refractivity (Wildman–Crippen MR) is 102 cm³/mol. The maximum Gasteiger partial charge on any atom is 0.252 e. The van der Waals surface area contributed by atoms with Crippen LogP contribution in [-0.2, 0) is 10.0 Å². The number of hydrogen-bond donors (Lipinski definition) is 0. The Morgan fingerprint density at radius 2 is 1.85 bits per heavy atom. The molecule has 3 aromatic rings. The van der Waals surface area contributed by atoms with Crippen molar-refractivity contribution in [3.63, 3.8) is 0 Å². The third kappa shape index (κ3) is 3.39. The first kappa shape index (κ1) is 17.6. The van der Waals surface area contributed by atoms with Crippen molar-refractivity contribution in [1.29, 1.82) is 0 Å². The van der Waals surface area contributed by atoms with Crippen molar-refractivity contribution in [2.45, 2.75) is 4.21 Å². The number of nitrogens with zero attached hydrogens (tertiary/aromatic N) is 6. The number of hydrogen-bond acceptors (Lipinski definition) is 7. The van der Waals surface area contributed by atoms with E-state index in [-0.39, 0.29) is 0 Å². The van der Waals surface area contributed by atoms with E-state index in [1.54, 1.807) is 29.2 Å². The molecule has 0 aromatic carbocycles. The van der Waals surface area contributed by atoms with Gasteiger partial charge in [0.25, 0.3) is 10.0 Å². The van der Waals surface area contributed by atoms with Crippen LogP contribution in [0.15, 0.2) is 51.2 Å². The van der Waals surface area contributed by atoms with E-state index in [1.165, 1.54) is 22.0 Å². The highest BCUT2D eigenvalue weighted by molar-refractivity contribution is 9.11. The van der Waals surface area contributed by atoms with Gasteiger partial charge in [-0.2, -0.15) is 4.31 Å². The van der Waals surface area contributed by atoms with Gasteiger partial charge in [-0.25, -0.2) is 23.4 Å². The molecule has 26 heavy (non-hydrogen) atoms. The van der Waals surface area contributed by atoms with Crippen LogP contribution in [0.3, 0.4) is 0 Å². The van der Waals surface area contributed by atoms with Crippen LogP contribution >= 0.6 is 27.3 Å². The maximum absolute atomic E-state index is 12.7. The summed E-state index contributed by atoms with van der Waals surface area (Å²) in [6.07, 6.45) is 6.69. The number of piperazine rings is 1. The molecule has 4 rings (SSSR count). The van der Waals surface area contributed by atoms with E-state index >= 15 is 0 Å². The molecule has 0 spiro atoms. The minimum atomic E-state index is -3.44. The Kier molecular flexibility index (Phi) is 4.78. The molecule has 1 aliphatic rings. The monoisotopic (exact) mass is 454 g/mol. The third-order valence-corrected chi connectivity index (χ3v) is 8.10. The van der Waals surface area contributed by atoms with Crippen molar-refractivity contribution < 1.29 is 8.42 Å². The smallest absolute Gasteiger partial charge is 0.252 e. The molecule has 0 saturated carbocycles. The van der Waals surface area contributed by atoms with Crippen molar-refractivity contribution in [3.05, 3.63) is 47.0 Å². The zero-order valence-electron chi connectivity index (χ0n) is 13.6. The quantitative estimate of drug-likeness (QED) is 0.599. The van der Waals surface area contributed by atoms with Gasteiger partial charge in [0, 0.05) is 44.6 Å². The van der Waals surface area contributed by atoms with Gasteiger partial charge in [0.15, 0.2) is 0 Å². The second kappa shape index (κ2) is 7.06. The van der Waals surface area contributed by atoms with Gasteiger partial charge in [-0.15, -0.1) is 11.3 Å². The van der Waals surface area contributed by atoms with E-state index in [4.69, 9.17) is 0 Å². The molecule has 136 valence electrons. The van der Waals surface area contributed by atoms with Crippen LogP contribution in [0, 0.1) is 0 Å². The molecule has 0 amide bonds. The Morgan fingerprint density at radius 1 is 1.08 bits per heavy atom. The number of rotatable bonds is 4. The summed E-state index contributed by atoms with van der Waals surface area (Å²) in [7, 11) is -3.44. The summed E-state index contributed by atoms with van der Waals surface area (Å²) in [5.41, 5.74) is 0. The summed E-state index contributed by atoms with van der Waals surface area (Å²) < 4.78 is 29.9. The molecule has 3 aromatic heterocycles. The Hall–Kier alpha value is -1.82. The van der Waals surface area contributed by atoms with Crippen LogP contribution in [-0.4, -0.2) is 58.4 Å². The first-order chi connectivity index (χ1) is 12.5. The molecule has 0 bridgehead atoms. The van der Waals surface area contributed by atoms with Crippen LogP contribution in [0.2, 0.25) is 0 Å². The lowest BCUT2D eigenvalue weighted by Gasteiger charge is -2.34. The number of thiophene rings is 1. The molecule has 1 aliphatic heterocycles. The standard InChI is InChI=1S/C15H15BrN6O2S2/c16-12-1-2-15(25-12)26(23,24)22-7-5-20(6-8-22)13-9-14(19-10-18-13)21-4-3-17-11-21/h1-4,9-11H,5-8H2. The van der Waals surface area contributed by atoms with Gasteiger partial charge < -0.3 is 4.90 Å². The average molecular weight is 455 g/mol. The Bertz CT molecular complexity index is 997. The van der Waals surface area contributed by atoms with E-state index in [2.05, 4.69) is 35.8 Å². The fourth-order valence-electron chi connectivity index (χ4n) is 2.77. The van der Waals surface area contributed by atoms with Crippen LogP contribution in [0.25, 0.3) is 5.82 Å². The summed E-state index contributed by atoms with van der Waals surface area (Å²) in [6.45, 7) is 1.99. The number of sulfonamides is 1. The fourth-order valence-corrected chi connectivity index (χ4v) is 6.35. The van der Waals surface area contributed by atoms with E-state index in [9.17, 15) is 8.42 Å². The molecular formula is C15H15BrN6O2S2. The highest BCUT2D eigenvalue weighted by Crippen LogP contribution is 2.29. The molecule has 11 heteroatoms. The molecular weight excluding hydrogens is 440 g/mol. The van der Waals surface area contributed by atoms with Crippen molar-refractivity contribution in [2.24, 2.45) is 0 Å². The number of aromatic nitrogens is 4. The normalized spacial score (nSPS) is 16.1. The molecule has 1 saturated heterocycles. The topological polar surface area (TPSA) is 84.2 Å². The third-order valence-electron chi connectivity index (χ3n) is 4.11. The largest absolute Gasteiger partial charge is 0.354 e. The Morgan fingerprint density at radius 3 is 2.50 bits per heavy atom. The lowest BCUT2D eigenvalue weighted by molar-refractivity contribution is 0.384.